The van der Waals surface area contributed by atoms with Crippen molar-refractivity contribution < 1.29 is 9.72 Å². The second-order valence-electron chi connectivity index (χ2n) is 4.13. The molecule has 0 unspecified atom stereocenters. The minimum absolute atomic E-state index is 0.101. The Kier molecular flexibility index (Phi) is 5.97. The number of rotatable bonds is 7. The summed E-state index contributed by atoms with van der Waals surface area (Å²) in [4.78, 5) is 21.7. The van der Waals surface area contributed by atoms with Gasteiger partial charge in [0.15, 0.2) is 0 Å². The number of hydrogen-bond donors (Lipinski definition) is 2. The Hall–Kier alpha value is -2.62. The van der Waals surface area contributed by atoms with Crippen LogP contribution in [-0.2, 0) is 4.79 Å². The Labute approximate surface area is 116 Å². The quantitative estimate of drug-likeness (QED) is 0.583. The zero-order chi connectivity index (χ0) is 15.0. The van der Waals surface area contributed by atoms with Crippen LogP contribution in [0.3, 0.4) is 0 Å². The Morgan fingerprint density at radius 1 is 1.45 bits per heavy atom. The van der Waals surface area contributed by atoms with Crippen molar-refractivity contribution in [2.75, 3.05) is 18.4 Å². The summed E-state index contributed by atoms with van der Waals surface area (Å²) in [7, 11) is 0. The molecule has 1 aromatic rings. The van der Waals surface area contributed by atoms with Gasteiger partial charge in [0.1, 0.15) is 5.69 Å². The highest BCUT2D eigenvalue weighted by Crippen LogP contribution is 2.25. The van der Waals surface area contributed by atoms with Crippen LogP contribution in [-0.4, -0.2) is 23.9 Å². The zero-order valence-electron chi connectivity index (χ0n) is 11.2. The lowest BCUT2D eigenvalue weighted by Gasteiger charge is -2.07. The third kappa shape index (κ3) is 4.57. The van der Waals surface area contributed by atoms with Gasteiger partial charge in [0.05, 0.1) is 16.6 Å². The SMILES string of the molecule is CCCNC(=O)CCNc1ccc(C#N)cc1[N+](=O)[O-]. The minimum atomic E-state index is -0.555. The Morgan fingerprint density at radius 3 is 2.80 bits per heavy atom. The van der Waals surface area contributed by atoms with E-state index in [1.54, 1.807) is 0 Å². The fourth-order valence-corrected chi connectivity index (χ4v) is 1.57. The lowest BCUT2D eigenvalue weighted by atomic mass is 10.2. The molecule has 20 heavy (non-hydrogen) atoms. The molecule has 0 saturated heterocycles. The van der Waals surface area contributed by atoms with Gasteiger partial charge in [0.2, 0.25) is 5.91 Å². The third-order valence-corrected chi connectivity index (χ3v) is 2.56. The second kappa shape index (κ2) is 7.74. The van der Waals surface area contributed by atoms with Crippen LogP contribution >= 0.6 is 0 Å². The number of amides is 1. The summed E-state index contributed by atoms with van der Waals surface area (Å²) >= 11 is 0. The van der Waals surface area contributed by atoms with E-state index in [2.05, 4.69) is 10.6 Å². The summed E-state index contributed by atoms with van der Waals surface area (Å²) in [5.41, 5.74) is 0.359. The zero-order valence-corrected chi connectivity index (χ0v) is 11.2. The molecule has 0 aromatic heterocycles. The van der Waals surface area contributed by atoms with Crippen molar-refractivity contribution in [3.8, 4) is 6.07 Å². The van der Waals surface area contributed by atoms with E-state index in [0.29, 0.717) is 18.8 Å². The normalized spacial score (nSPS) is 9.60. The lowest BCUT2D eigenvalue weighted by Crippen LogP contribution is -2.25. The maximum Gasteiger partial charge on any atom is 0.293 e. The molecule has 0 aliphatic carbocycles. The first kappa shape index (κ1) is 15.4. The van der Waals surface area contributed by atoms with Gasteiger partial charge in [0, 0.05) is 25.6 Å². The molecule has 1 amide bonds. The molecule has 2 N–H and O–H groups in total. The second-order valence-corrected chi connectivity index (χ2v) is 4.13. The van der Waals surface area contributed by atoms with Crippen LogP contribution in [0.4, 0.5) is 11.4 Å². The molecular formula is C13H16N4O3. The molecule has 106 valence electrons. The topological polar surface area (TPSA) is 108 Å². The van der Waals surface area contributed by atoms with Gasteiger partial charge in [-0.15, -0.1) is 0 Å². The number of nitrogens with one attached hydrogen (secondary N) is 2. The number of hydrogen-bond acceptors (Lipinski definition) is 5. The van der Waals surface area contributed by atoms with Crippen LogP contribution in [0.2, 0.25) is 0 Å². The first-order valence-electron chi connectivity index (χ1n) is 6.27. The molecule has 0 spiro atoms. The first-order valence-corrected chi connectivity index (χ1v) is 6.27. The molecule has 0 aliphatic rings. The number of nitro groups is 1. The smallest absolute Gasteiger partial charge is 0.293 e. The monoisotopic (exact) mass is 276 g/mol. The van der Waals surface area contributed by atoms with Gasteiger partial charge in [0.25, 0.3) is 5.69 Å². The van der Waals surface area contributed by atoms with Gasteiger partial charge in [-0.1, -0.05) is 6.92 Å². The molecule has 0 fully saturated rings. The van der Waals surface area contributed by atoms with Crippen LogP contribution < -0.4 is 10.6 Å². The highest BCUT2D eigenvalue weighted by molar-refractivity contribution is 5.76. The average Bonchev–Trinajstić information content (AvgIpc) is 2.45. The summed E-state index contributed by atoms with van der Waals surface area (Å²) in [6.45, 7) is 2.87. The Morgan fingerprint density at radius 2 is 2.20 bits per heavy atom. The molecule has 1 aromatic carbocycles. The van der Waals surface area contributed by atoms with E-state index in [-0.39, 0.29) is 23.6 Å². The fraction of sp³-hybridized carbons (Fsp3) is 0.385. The van der Waals surface area contributed by atoms with Crippen LogP contribution in [0.15, 0.2) is 18.2 Å². The van der Waals surface area contributed by atoms with Crippen molar-refractivity contribution in [2.45, 2.75) is 19.8 Å². The van der Waals surface area contributed by atoms with Gasteiger partial charge < -0.3 is 10.6 Å². The van der Waals surface area contributed by atoms with Gasteiger partial charge in [-0.05, 0) is 18.6 Å². The number of benzene rings is 1. The van der Waals surface area contributed by atoms with Crippen LogP contribution in [0.5, 0.6) is 0 Å². The summed E-state index contributed by atoms with van der Waals surface area (Å²) < 4.78 is 0. The lowest BCUT2D eigenvalue weighted by molar-refractivity contribution is -0.384. The number of anilines is 1. The number of nitro benzene ring substituents is 1. The van der Waals surface area contributed by atoms with Gasteiger partial charge in [-0.2, -0.15) is 5.26 Å². The molecule has 0 heterocycles. The summed E-state index contributed by atoms with van der Waals surface area (Å²) in [6.07, 6.45) is 1.09. The minimum Gasteiger partial charge on any atom is -0.379 e. The molecule has 0 bridgehead atoms. The Balaban J connectivity index is 2.62. The number of nitrogens with zero attached hydrogens (tertiary/aromatic N) is 2. The van der Waals surface area contributed by atoms with Crippen molar-refractivity contribution >= 4 is 17.3 Å². The Bertz CT molecular complexity index is 537. The highest BCUT2D eigenvalue weighted by Gasteiger charge is 2.14. The average molecular weight is 276 g/mol. The number of carbonyl (C=O) groups excluding carboxylic acids is 1. The maximum atomic E-state index is 11.4. The third-order valence-electron chi connectivity index (χ3n) is 2.56. The fourth-order valence-electron chi connectivity index (χ4n) is 1.57. The van der Waals surface area contributed by atoms with Crippen LogP contribution in [0.25, 0.3) is 0 Å². The number of carbonyl (C=O) groups is 1. The highest BCUT2D eigenvalue weighted by atomic mass is 16.6. The first-order chi connectivity index (χ1) is 9.58. The van der Waals surface area contributed by atoms with E-state index >= 15 is 0 Å². The molecule has 0 aliphatic heterocycles. The van der Waals surface area contributed by atoms with E-state index in [0.717, 1.165) is 6.42 Å². The molecule has 7 nitrogen and oxygen atoms in total. The molecular weight excluding hydrogens is 260 g/mol. The van der Waals surface area contributed by atoms with Crippen molar-refractivity contribution in [3.63, 3.8) is 0 Å². The standard InChI is InChI=1S/C13H16N4O3/c1-2-6-16-13(18)5-7-15-11-4-3-10(9-14)8-12(11)17(19)20/h3-4,8,15H,2,5-7H2,1H3,(H,16,18). The van der Waals surface area contributed by atoms with Crippen LogP contribution in [0, 0.1) is 21.4 Å². The molecule has 1 rings (SSSR count). The molecule has 0 atom stereocenters. The van der Waals surface area contributed by atoms with E-state index in [1.165, 1.54) is 18.2 Å². The van der Waals surface area contributed by atoms with Crippen molar-refractivity contribution in [2.24, 2.45) is 0 Å². The van der Waals surface area contributed by atoms with Crippen molar-refractivity contribution in [1.82, 2.24) is 5.32 Å². The maximum absolute atomic E-state index is 11.4. The summed E-state index contributed by atoms with van der Waals surface area (Å²) in [5.74, 6) is -0.101. The summed E-state index contributed by atoms with van der Waals surface area (Å²) in [6, 6.07) is 6.02. The van der Waals surface area contributed by atoms with Gasteiger partial charge in [-0.3, -0.25) is 14.9 Å². The summed E-state index contributed by atoms with van der Waals surface area (Å²) in [5, 5.41) is 25.2. The van der Waals surface area contributed by atoms with Gasteiger partial charge >= 0.3 is 0 Å². The predicted molar refractivity (Wildman–Crippen MR) is 74.2 cm³/mol. The molecule has 7 heteroatoms. The molecule has 0 saturated carbocycles. The van der Waals surface area contributed by atoms with E-state index in [1.807, 2.05) is 13.0 Å². The largest absolute Gasteiger partial charge is 0.379 e. The van der Waals surface area contributed by atoms with E-state index < -0.39 is 4.92 Å². The van der Waals surface area contributed by atoms with E-state index in [9.17, 15) is 14.9 Å². The van der Waals surface area contributed by atoms with Crippen molar-refractivity contribution in [3.05, 3.63) is 33.9 Å². The molecule has 0 radical (unpaired) electrons. The van der Waals surface area contributed by atoms with Crippen molar-refractivity contribution in [1.29, 1.82) is 5.26 Å². The van der Waals surface area contributed by atoms with E-state index in [4.69, 9.17) is 5.26 Å². The predicted octanol–water partition coefficient (Wildman–Crippen LogP) is 1.79. The van der Waals surface area contributed by atoms with Crippen LogP contribution in [0.1, 0.15) is 25.3 Å². The number of nitriles is 1. The van der Waals surface area contributed by atoms with Gasteiger partial charge in [-0.25, -0.2) is 0 Å².